The first kappa shape index (κ1) is 17.0. The zero-order valence-electron chi connectivity index (χ0n) is 13.9. The van der Waals surface area contributed by atoms with Crippen molar-refractivity contribution in [2.24, 2.45) is 0 Å². The zero-order chi connectivity index (χ0) is 16.5. The minimum atomic E-state index is 0.625. The molecule has 0 amide bonds. The molecule has 124 valence electrons. The second-order valence-corrected chi connectivity index (χ2v) is 5.13. The quantitative estimate of drug-likeness (QED) is 0.693. The number of methoxy groups -OCH3 is 2. The minimum absolute atomic E-state index is 0.625. The summed E-state index contributed by atoms with van der Waals surface area (Å²) < 4.78 is 10.4. The summed E-state index contributed by atoms with van der Waals surface area (Å²) in [5.41, 5.74) is 2.08. The summed E-state index contributed by atoms with van der Waals surface area (Å²) in [6.07, 6.45) is 0.841. The fraction of sp³-hybridized carbons (Fsp3) is 0.412. The van der Waals surface area contributed by atoms with E-state index < -0.39 is 0 Å². The molecule has 0 bridgehead atoms. The second-order valence-electron chi connectivity index (χ2n) is 5.13. The first-order valence-electron chi connectivity index (χ1n) is 7.67. The maximum Gasteiger partial charge on any atom is 0.224 e. The summed E-state index contributed by atoms with van der Waals surface area (Å²) in [5, 5.41) is 6.48. The van der Waals surface area contributed by atoms with Crippen molar-refractivity contribution in [3.63, 3.8) is 0 Å². The molecular formula is C17H24N4O2. The molecule has 2 rings (SSSR count). The largest absolute Gasteiger partial charge is 0.496 e. The number of hydrogen-bond donors (Lipinski definition) is 2. The van der Waals surface area contributed by atoms with Gasteiger partial charge < -0.3 is 20.1 Å². The molecule has 0 saturated carbocycles. The highest BCUT2D eigenvalue weighted by Gasteiger charge is 2.04. The third kappa shape index (κ3) is 5.41. The number of anilines is 2. The van der Waals surface area contributed by atoms with E-state index in [1.165, 1.54) is 0 Å². The molecule has 0 radical (unpaired) electrons. The van der Waals surface area contributed by atoms with Crippen molar-refractivity contribution < 1.29 is 9.47 Å². The minimum Gasteiger partial charge on any atom is -0.496 e. The molecule has 0 aliphatic heterocycles. The molecular weight excluding hydrogens is 292 g/mol. The van der Waals surface area contributed by atoms with Crippen LogP contribution in [0.1, 0.15) is 11.3 Å². The SMILES string of the molecule is COCCNc1cc(C)nc(NCCc2ccccc2OC)n1. The van der Waals surface area contributed by atoms with Gasteiger partial charge in [-0.15, -0.1) is 0 Å². The summed E-state index contributed by atoms with van der Waals surface area (Å²) in [5.74, 6) is 2.33. The Morgan fingerprint density at radius 2 is 1.87 bits per heavy atom. The third-order valence-corrected chi connectivity index (χ3v) is 3.34. The molecule has 6 nitrogen and oxygen atoms in total. The number of nitrogens with one attached hydrogen (secondary N) is 2. The number of nitrogens with zero attached hydrogens (tertiary/aromatic N) is 2. The van der Waals surface area contributed by atoms with Gasteiger partial charge in [-0.1, -0.05) is 18.2 Å². The first-order chi connectivity index (χ1) is 11.2. The Morgan fingerprint density at radius 3 is 2.65 bits per heavy atom. The summed E-state index contributed by atoms with van der Waals surface area (Å²) in [4.78, 5) is 8.87. The number of aryl methyl sites for hydroxylation is 1. The van der Waals surface area contributed by atoms with Gasteiger partial charge in [-0.3, -0.25) is 0 Å². The van der Waals surface area contributed by atoms with E-state index in [0.29, 0.717) is 19.1 Å². The van der Waals surface area contributed by atoms with Gasteiger partial charge in [0.15, 0.2) is 0 Å². The topological polar surface area (TPSA) is 68.3 Å². The number of benzene rings is 1. The molecule has 1 aromatic carbocycles. The van der Waals surface area contributed by atoms with Crippen molar-refractivity contribution in [3.05, 3.63) is 41.6 Å². The Balaban J connectivity index is 1.92. The summed E-state index contributed by atoms with van der Waals surface area (Å²) >= 11 is 0. The van der Waals surface area contributed by atoms with E-state index in [9.17, 15) is 0 Å². The van der Waals surface area contributed by atoms with Crippen molar-refractivity contribution in [3.8, 4) is 5.75 Å². The van der Waals surface area contributed by atoms with Crippen molar-refractivity contribution in [1.29, 1.82) is 0 Å². The van der Waals surface area contributed by atoms with Crippen LogP contribution in [0, 0.1) is 6.92 Å². The molecule has 6 heteroatoms. The number of aromatic nitrogens is 2. The van der Waals surface area contributed by atoms with Crippen LogP contribution in [0.15, 0.2) is 30.3 Å². The Bertz CT molecular complexity index is 619. The number of hydrogen-bond acceptors (Lipinski definition) is 6. The van der Waals surface area contributed by atoms with Gasteiger partial charge in [-0.25, -0.2) is 4.98 Å². The molecule has 0 aliphatic rings. The van der Waals surface area contributed by atoms with Crippen LogP contribution in [-0.4, -0.2) is 43.9 Å². The van der Waals surface area contributed by atoms with Crippen LogP contribution in [0.3, 0.4) is 0 Å². The molecule has 0 atom stereocenters. The van der Waals surface area contributed by atoms with E-state index >= 15 is 0 Å². The maximum atomic E-state index is 5.36. The monoisotopic (exact) mass is 316 g/mol. The third-order valence-electron chi connectivity index (χ3n) is 3.34. The molecule has 1 heterocycles. The maximum absolute atomic E-state index is 5.36. The molecule has 2 aromatic rings. The van der Waals surface area contributed by atoms with Crippen molar-refractivity contribution >= 4 is 11.8 Å². The van der Waals surface area contributed by atoms with Crippen LogP contribution in [0.5, 0.6) is 5.75 Å². The predicted molar refractivity (Wildman–Crippen MR) is 92.3 cm³/mol. The van der Waals surface area contributed by atoms with Crippen LogP contribution in [-0.2, 0) is 11.2 Å². The molecule has 23 heavy (non-hydrogen) atoms. The van der Waals surface area contributed by atoms with Crippen molar-refractivity contribution in [2.45, 2.75) is 13.3 Å². The van der Waals surface area contributed by atoms with Crippen molar-refractivity contribution in [2.75, 3.05) is 44.5 Å². The van der Waals surface area contributed by atoms with E-state index in [4.69, 9.17) is 9.47 Å². The van der Waals surface area contributed by atoms with Gasteiger partial charge in [0.1, 0.15) is 11.6 Å². The fourth-order valence-corrected chi connectivity index (χ4v) is 2.24. The van der Waals surface area contributed by atoms with Gasteiger partial charge in [-0.2, -0.15) is 4.98 Å². The second kappa shape index (κ2) is 8.95. The molecule has 0 spiro atoms. The Kier molecular flexibility index (Phi) is 6.62. The fourth-order valence-electron chi connectivity index (χ4n) is 2.24. The van der Waals surface area contributed by atoms with Gasteiger partial charge >= 0.3 is 0 Å². The van der Waals surface area contributed by atoms with Crippen LogP contribution in [0.2, 0.25) is 0 Å². The van der Waals surface area contributed by atoms with Crippen LogP contribution < -0.4 is 15.4 Å². The number of rotatable bonds is 9. The van der Waals surface area contributed by atoms with E-state index in [1.54, 1.807) is 14.2 Å². The number of para-hydroxylation sites is 1. The molecule has 1 aromatic heterocycles. The lowest BCUT2D eigenvalue weighted by Crippen LogP contribution is -2.13. The lowest BCUT2D eigenvalue weighted by atomic mass is 10.1. The highest BCUT2D eigenvalue weighted by molar-refractivity contribution is 5.42. The van der Waals surface area contributed by atoms with Crippen LogP contribution in [0.4, 0.5) is 11.8 Å². The lowest BCUT2D eigenvalue weighted by molar-refractivity contribution is 0.210. The molecule has 0 unspecified atom stereocenters. The molecule has 2 N–H and O–H groups in total. The smallest absolute Gasteiger partial charge is 0.224 e. The van der Waals surface area contributed by atoms with Crippen molar-refractivity contribution in [1.82, 2.24) is 9.97 Å². The van der Waals surface area contributed by atoms with E-state index in [2.05, 4.69) is 26.7 Å². The average molecular weight is 316 g/mol. The standard InChI is InChI=1S/C17H24N4O2/c1-13-12-16(18-10-11-22-2)21-17(20-13)19-9-8-14-6-4-5-7-15(14)23-3/h4-7,12H,8-11H2,1-3H3,(H2,18,19,20,21). The number of ether oxygens (including phenoxy) is 2. The van der Waals surface area contributed by atoms with Gasteiger partial charge in [0.25, 0.3) is 0 Å². The summed E-state index contributed by atoms with van der Waals surface area (Å²) in [6, 6.07) is 9.93. The Labute approximate surface area is 137 Å². The average Bonchev–Trinajstić information content (AvgIpc) is 2.55. The predicted octanol–water partition coefficient (Wildman–Crippen LogP) is 2.51. The molecule has 0 fully saturated rings. The normalized spacial score (nSPS) is 10.4. The summed E-state index contributed by atoms with van der Waals surface area (Å²) in [7, 11) is 3.37. The van der Waals surface area contributed by atoms with Gasteiger partial charge in [-0.05, 0) is 25.0 Å². The Hall–Kier alpha value is -2.34. The first-order valence-corrected chi connectivity index (χ1v) is 7.67. The van der Waals surface area contributed by atoms with Crippen LogP contribution in [0.25, 0.3) is 0 Å². The van der Waals surface area contributed by atoms with Gasteiger partial charge in [0.05, 0.1) is 13.7 Å². The summed E-state index contributed by atoms with van der Waals surface area (Å²) in [6.45, 7) is 4.04. The van der Waals surface area contributed by atoms with E-state index in [-0.39, 0.29) is 0 Å². The van der Waals surface area contributed by atoms with Gasteiger partial charge in [0.2, 0.25) is 5.95 Å². The highest BCUT2D eigenvalue weighted by atomic mass is 16.5. The van der Waals surface area contributed by atoms with E-state index in [0.717, 1.165) is 35.8 Å². The van der Waals surface area contributed by atoms with Crippen LogP contribution >= 0.6 is 0 Å². The highest BCUT2D eigenvalue weighted by Crippen LogP contribution is 2.17. The van der Waals surface area contributed by atoms with Gasteiger partial charge in [0, 0.05) is 32.0 Å². The van der Waals surface area contributed by atoms with E-state index in [1.807, 2.05) is 31.2 Å². The molecule has 0 saturated heterocycles. The zero-order valence-corrected chi connectivity index (χ0v) is 13.9. The lowest BCUT2D eigenvalue weighted by Gasteiger charge is -2.11. The molecule has 0 aliphatic carbocycles. The Morgan fingerprint density at radius 1 is 1.04 bits per heavy atom.